The lowest BCUT2D eigenvalue weighted by Crippen LogP contribution is -2.31. The Kier molecular flexibility index (Phi) is 6.21. The zero-order chi connectivity index (χ0) is 19.9. The van der Waals surface area contributed by atoms with Crippen molar-refractivity contribution in [3.8, 4) is 11.5 Å². The molecule has 0 spiro atoms. The van der Waals surface area contributed by atoms with Crippen molar-refractivity contribution < 1.29 is 14.3 Å². The molecule has 1 atom stereocenters. The van der Waals surface area contributed by atoms with Crippen molar-refractivity contribution in [2.24, 2.45) is 0 Å². The Hall–Kier alpha value is -3.42. The number of carbonyl (C=O) groups is 1. The normalized spacial score (nSPS) is 11.7. The number of methoxy groups -OCH3 is 1. The van der Waals surface area contributed by atoms with Gasteiger partial charge in [0.15, 0.2) is 6.61 Å². The van der Waals surface area contributed by atoms with E-state index in [0.29, 0.717) is 5.82 Å². The summed E-state index contributed by atoms with van der Waals surface area (Å²) in [6, 6.07) is 15.0. The molecule has 146 valence electrons. The van der Waals surface area contributed by atoms with Crippen LogP contribution >= 0.6 is 0 Å². The fourth-order valence-corrected chi connectivity index (χ4v) is 2.75. The van der Waals surface area contributed by atoms with Gasteiger partial charge < -0.3 is 14.8 Å². The third-order valence-corrected chi connectivity index (χ3v) is 4.12. The Morgan fingerprint density at radius 1 is 1.21 bits per heavy atom. The van der Waals surface area contributed by atoms with Gasteiger partial charge in [-0.15, -0.1) is 10.2 Å². The van der Waals surface area contributed by atoms with Crippen molar-refractivity contribution in [2.75, 3.05) is 7.11 Å². The van der Waals surface area contributed by atoms with Gasteiger partial charge in [-0.2, -0.15) is 4.80 Å². The number of ether oxygens (including phenoxy) is 2. The zero-order valence-corrected chi connectivity index (χ0v) is 16.1. The molecule has 0 aliphatic rings. The Bertz CT molecular complexity index is 927. The molecule has 1 amide bonds. The van der Waals surface area contributed by atoms with E-state index in [1.165, 1.54) is 4.80 Å². The lowest BCUT2D eigenvalue weighted by atomic mass is 10.0. The molecule has 0 fully saturated rings. The number of rotatable bonds is 8. The molecular weight excluding hydrogens is 358 g/mol. The second kappa shape index (κ2) is 8.98. The maximum absolute atomic E-state index is 12.4. The topological polar surface area (TPSA) is 91.2 Å². The molecule has 0 saturated heterocycles. The number of para-hydroxylation sites is 1. The standard InChI is InChI=1S/C20H23N5O3/c1-14-9-10-18(27-3)17(11-14)15(2)21-20(26)12-25-23-19(22-24-25)13-28-16-7-5-4-6-8-16/h4-11,15H,12-13H2,1-3H3,(H,21,26)/t15-/m0/s1. The molecule has 3 aromatic rings. The highest BCUT2D eigenvalue weighted by Gasteiger charge is 2.15. The van der Waals surface area contributed by atoms with Gasteiger partial charge in [-0.25, -0.2) is 0 Å². The quantitative estimate of drug-likeness (QED) is 0.644. The molecule has 0 radical (unpaired) electrons. The van der Waals surface area contributed by atoms with Gasteiger partial charge >= 0.3 is 0 Å². The predicted molar refractivity (Wildman–Crippen MR) is 103 cm³/mol. The van der Waals surface area contributed by atoms with E-state index in [1.807, 2.05) is 62.4 Å². The van der Waals surface area contributed by atoms with Crippen LogP contribution < -0.4 is 14.8 Å². The van der Waals surface area contributed by atoms with Crippen LogP contribution in [0.2, 0.25) is 0 Å². The minimum Gasteiger partial charge on any atom is -0.496 e. The van der Waals surface area contributed by atoms with E-state index in [2.05, 4.69) is 20.7 Å². The zero-order valence-electron chi connectivity index (χ0n) is 16.1. The Labute approximate surface area is 163 Å². The highest BCUT2D eigenvalue weighted by Crippen LogP contribution is 2.25. The summed E-state index contributed by atoms with van der Waals surface area (Å²) in [4.78, 5) is 13.6. The van der Waals surface area contributed by atoms with Crippen LogP contribution in [0.5, 0.6) is 11.5 Å². The number of hydrogen-bond acceptors (Lipinski definition) is 6. The molecule has 1 heterocycles. The number of aryl methyl sites for hydroxylation is 1. The molecule has 2 aromatic carbocycles. The number of carbonyl (C=O) groups excluding carboxylic acids is 1. The van der Waals surface area contributed by atoms with Gasteiger partial charge in [-0.3, -0.25) is 4.79 Å². The van der Waals surface area contributed by atoms with Gasteiger partial charge in [-0.05, 0) is 37.3 Å². The van der Waals surface area contributed by atoms with Crippen LogP contribution in [0.15, 0.2) is 48.5 Å². The Morgan fingerprint density at radius 2 is 2.00 bits per heavy atom. The summed E-state index contributed by atoms with van der Waals surface area (Å²) >= 11 is 0. The Morgan fingerprint density at radius 3 is 2.75 bits per heavy atom. The molecule has 0 unspecified atom stereocenters. The van der Waals surface area contributed by atoms with Crippen LogP contribution in [0.25, 0.3) is 0 Å². The van der Waals surface area contributed by atoms with Crippen LogP contribution in [0.4, 0.5) is 0 Å². The third-order valence-electron chi connectivity index (χ3n) is 4.12. The van der Waals surface area contributed by atoms with Crippen molar-refractivity contribution in [1.82, 2.24) is 25.5 Å². The highest BCUT2D eigenvalue weighted by atomic mass is 16.5. The summed E-state index contributed by atoms with van der Waals surface area (Å²) in [5.41, 5.74) is 2.01. The molecule has 8 heteroatoms. The SMILES string of the molecule is COc1ccc(C)cc1[C@H](C)NC(=O)Cn1nnc(COc2ccccc2)n1. The van der Waals surface area contributed by atoms with E-state index in [1.54, 1.807) is 7.11 Å². The van der Waals surface area contributed by atoms with Crippen LogP contribution in [0.3, 0.4) is 0 Å². The minimum atomic E-state index is -0.219. The van der Waals surface area contributed by atoms with E-state index in [4.69, 9.17) is 9.47 Å². The number of nitrogens with one attached hydrogen (secondary N) is 1. The molecule has 1 N–H and O–H groups in total. The molecule has 0 saturated carbocycles. The minimum absolute atomic E-state index is 0.0309. The summed E-state index contributed by atoms with van der Waals surface area (Å²) in [7, 11) is 1.61. The van der Waals surface area contributed by atoms with Crippen molar-refractivity contribution in [3.63, 3.8) is 0 Å². The first kappa shape index (κ1) is 19.3. The number of aromatic nitrogens is 4. The van der Waals surface area contributed by atoms with E-state index < -0.39 is 0 Å². The second-order valence-corrected chi connectivity index (χ2v) is 6.37. The monoisotopic (exact) mass is 381 g/mol. The largest absolute Gasteiger partial charge is 0.496 e. The molecule has 28 heavy (non-hydrogen) atoms. The number of amides is 1. The summed E-state index contributed by atoms with van der Waals surface area (Å²) in [5.74, 6) is 1.64. The number of hydrogen-bond donors (Lipinski definition) is 1. The van der Waals surface area contributed by atoms with Crippen LogP contribution in [0.1, 0.15) is 29.9 Å². The maximum atomic E-state index is 12.4. The molecule has 0 aliphatic carbocycles. The van der Waals surface area contributed by atoms with Crippen LogP contribution in [-0.2, 0) is 17.9 Å². The molecule has 1 aromatic heterocycles. The van der Waals surface area contributed by atoms with Crippen molar-refractivity contribution in [3.05, 3.63) is 65.5 Å². The average Bonchev–Trinajstić information content (AvgIpc) is 3.14. The number of benzene rings is 2. The van der Waals surface area contributed by atoms with E-state index >= 15 is 0 Å². The lowest BCUT2D eigenvalue weighted by molar-refractivity contribution is -0.122. The van der Waals surface area contributed by atoms with Gasteiger partial charge in [0.05, 0.1) is 13.2 Å². The fourth-order valence-electron chi connectivity index (χ4n) is 2.75. The maximum Gasteiger partial charge on any atom is 0.244 e. The van der Waals surface area contributed by atoms with Gasteiger partial charge in [0, 0.05) is 5.56 Å². The van der Waals surface area contributed by atoms with Crippen LogP contribution in [0, 0.1) is 6.92 Å². The molecular formula is C20H23N5O3. The summed E-state index contributed by atoms with van der Waals surface area (Å²) in [6.45, 7) is 4.05. The first-order chi connectivity index (χ1) is 13.5. The summed E-state index contributed by atoms with van der Waals surface area (Å²) in [6.07, 6.45) is 0. The first-order valence-electron chi connectivity index (χ1n) is 8.93. The highest BCUT2D eigenvalue weighted by molar-refractivity contribution is 5.76. The lowest BCUT2D eigenvalue weighted by Gasteiger charge is -2.17. The second-order valence-electron chi connectivity index (χ2n) is 6.37. The summed E-state index contributed by atoms with van der Waals surface area (Å²) < 4.78 is 11.0. The molecule has 8 nitrogen and oxygen atoms in total. The smallest absolute Gasteiger partial charge is 0.244 e. The van der Waals surface area contributed by atoms with Gasteiger partial charge in [-0.1, -0.05) is 35.9 Å². The number of tetrazole rings is 1. The predicted octanol–water partition coefficient (Wildman–Crippen LogP) is 2.45. The summed E-state index contributed by atoms with van der Waals surface area (Å²) in [5, 5.41) is 14.9. The Balaban J connectivity index is 1.55. The first-order valence-corrected chi connectivity index (χ1v) is 8.93. The molecule has 0 bridgehead atoms. The van der Waals surface area contributed by atoms with E-state index in [-0.39, 0.29) is 25.1 Å². The van der Waals surface area contributed by atoms with E-state index in [0.717, 1.165) is 22.6 Å². The van der Waals surface area contributed by atoms with Gasteiger partial charge in [0.1, 0.15) is 18.0 Å². The van der Waals surface area contributed by atoms with Crippen molar-refractivity contribution in [1.29, 1.82) is 0 Å². The third kappa shape index (κ3) is 5.06. The molecule has 0 aliphatic heterocycles. The van der Waals surface area contributed by atoms with Gasteiger partial charge in [0.2, 0.25) is 11.7 Å². The molecule has 3 rings (SSSR count). The fraction of sp³-hybridized carbons (Fsp3) is 0.300. The van der Waals surface area contributed by atoms with Gasteiger partial charge in [0.25, 0.3) is 0 Å². The van der Waals surface area contributed by atoms with Crippen LogP contribution in [-0.4, -0.2) is 33.2 Å². The average molecular weight is 381 g/mol. The van der Waals surface area contributed by atoms with Crippen molar-refractivity contribution >= 4 is 5.91 Å². The number of nitrogens with zero attached hydrogens (tertiary/aromatic N) is 4. The van der Waals surface area contributed by atoms with Crippen molar-refractivity contribution in [2.45, 2.75) is 33.0 Å². The van der Waals surface area contributed by atoms with E-state index in [9.17, 15) is 4.79 Å².